The summed E-state index contributed by atoms with van der Waals surface area (Å²) in [5, 5.41) is 12.1. The maximum Gasteiger partial charge on any atom is 0.267 e. The Balaban J connectivity index is 1.99. The summed E-state index contributed by atoms with van der Waals surface area (Å²) in [5.41, 5.74) is 0.602. The van der Waals surface area contributed by atoms with Crippen molar-refractivity contribution in [2.24, 2.45) is 0 Å². The van der Waals surface area contributed by atoms with Gasteiger partial charge in [-0.05, 0) is 25.7 Å². The molecule has 2 unspecified atom stereocenters. The molecule has 2 aliphatic rings. The van der Waals surface area contributed by atoms with Gasteiger partial charge in [0.15, 0.2) is 0 Å². The summed E-state index contributed by atoms with van der Waals surface area (Å²) in [7, 11) is -3.66. The number of rotatable bonds is 6. The van der Waals surface area contributed by atoms with E-state index in [9.17, 15) is 23.1 Å². The van der Waals surface area contributed by atoms with Crippen molar-refractivity contribution in [3.8, 4) is 0 Å². The van der Waals surface area contributed by atoms with Crippen LogP contribution in [-0.2, 0) is 19.6 Å². The van der Waals surface area contributed by atoms with Crippen molar-refractivity contribution in [3.63, 3.8) is 0 Å². The number of sulfonamides is 1. The summed E-state index contributed by atoms with van der Waals surface area (Å²) >= 11 is 0. The number of aliphatic hydroxyl groups is 1. The van der Waals surface area contributed by atoms with E-state index in [1.54, 1.807) is 0 Å². The van der Waals surface area contributed by atoms with Crippen LogP contribution in [0.15, 0.2) is 11.8 Å². The van der Waals surface area contributed by atoms with Gasteiger partial charge in [-0.3, -0.25) is 14.3 Å². The molecule has 0 aromatic carbocycles. The molecular formula is C17H29N3O5S. The lowest BCUT2D eigenvalue weighted by molar-refractivity contribution is -0.122. The second kappa shape index (κ2) is 9.36. The molecule has 0 bridgehead atoms. The molecular weight excluding hydrogens is 358 g/mol. The van der Waals surface area contributed by atoms with Crippen LogP contribution in [0.4, 0.5) is 0 Å². The van der Waals surface area contributed by atoms with E-state index >= 15 is 0 Å². The molecule has 0 aromatic rings. The minimum atomic E-state index is -3.66. The smallest absolute Gasteiger partial charge is 0.267 e. The second-order valence-electron chi connectivity index (χ2n) is 7.07. The van der Waals surface area contributed by atoms with E-state index in [0.29, 0.717) is 11.7 Å². The fraction of sp³-hybridized carbons (Fsp3) is 0.765. The normalized spacial score (nSPS) is 22.3. The number of nitrogens with one attached hydrogen (secondary N) is 2. The number of amides is 2. The van der Waals surface area contributed by atoms with E-state index < -0.39 is 28.6 Å². The van der Waals surface area contributed by atoms with Crippen LogP contribution in [0.1, 0.15) is 51.4 Å². The molecule has 2 heterocycles. The first-order valence-electron chi connectivity index (χ1n) is 9.19. The number of hydrogen-bond acceptors (Lipinski definition) is 6. The van der Waals surface area contributed by atoms with Crippen LogP contribution in [0.5, 0.6) is 0 Å². The molecule has 8 nitrogen and oxygen atoms in total. The quantitative estimate of drug-likeness (QED) is 0.601. The zero-order valence-electron chi connectivity index (χ0n) is 15.2. The van der Waals surface area contributed by atoms with Crippen molar-refractivity contribution in [2.75, 3.05) is 19.4 Å². The first kappa shape index (κ1) is 20.7. The molecule has 0 radical (unpaired) electrons. The van der Waals surface area contributed by atoms with Gasteiger partial charge in [0.1, 0.15) is 0 Å². The average Bonchev–Trinajstić information content (AvgIpc) is 2.52. The van der Waals surface area contributed by atoms with E-state index in [0.717, 1.165) is 44.9 Å². The summed E-state index contributed by atoms with van der Waals surface area (Å²) in [4.78, 5) is 26.6. The predicted molar refractivity (Wildman–Crippen MR) is 97.5 cm³/mol. The van der Waals surface area contributed by atoms with Gasteiger partial charge < -0.3 is 15.3 Å². The van der Waals surface area contributed by atoms with Gasteiger partial charge in [-0.15, -0.1) is 0 Å². The molecule has 0 spiro atoms. The Kier molecular flexibility index (Phi) is 7.45. The molecule has 9 heteroatoms. The van der Waals surface area contributed by atoms with Gasteiger partial charge >= 0.3 is 0 Å². The van der Waals surface area contributed by atoms with E-state index in [-0.39, 0.29) is 12.3 Å². The number of carbonyl (C=O) groups excluding carboxylic acids is 2. The number of allylic oxidation sites excluding steroid dienone is 1. The highest BCUT2D eigenvalue weighted by Gasteiger charge is 2.29. The third-order valence-corrected chi connectivity index (χ3v) is 5.39. The Morgan fingerprint density at radius 3 is 2.69 bits per heavy atom. The molecule has 3 N–H and O–H groups in total. The van der Waals surface area contributed by atoms with Crippen LogP contribution in [0.25, 0.3) is 0 Å². The Morgan fingerprint density at radius 1 is 1.27 bits per heavy atom. The Morgan fingerprint density at radius 2 is 2.00 bits per heavy atom. The van der Waals surface area contributed by atoms with E-state index in [4.69, 9.17) is 0 Å². The van der Waals surface area contributed by atoms with E-state index in [1.165, 1.54) is 12.8 Å². The zero-order chi connectivity index (χ0) is 19.2. The zero-order valence-corrected chi connectivity index (χ0v) is 16.1. The largest absolute Gasteiger partial charge is 0.394 e. The monoisotopic (exact) mass is 387 g/mol. The maximum absolute atomic E-state index is 12.7. The van der Waals surface area contributed by atoms with Gasteiger partial charge in [-0.1, -0.05) is 25.3 Å². The highest BCUT2D eigenvalue weighted by molar-refractivity contribution is 7.89. The average molecular weight is 388 g/mol. The van der Waals surface area contributed by atoms with Crippen molar-refractivity contribution in [2.45, 2.75) is 63.5 Å². The van der Waals surface area contributed by atoms with E-state index in [1.807, 2.05) is 10.8 Å². The summed E-state index contributed by atoms with van der Waals surface area (Å²) < 4.78 is 24.0. The molecule has 1 saturated heterocycles. The number of hydrogen-bond donors (Lipinski definition) is 3. The fourth-order valence-corrected chi connectivity index (χ4v) is 4.11. The number of carbonyl (C=O) groups is 2. The summed E-state index contributed by atoms with van der Waals surface area (Å²) in [5.74, 6) is -1.07. The Hall–Kier alpha value is -1.61. The first-order chi connectivity index (χ1) is 12.3. The summed E-state index contributed by atoms with van der Waals surface area (Å²) in [6.45, 7) is 0.391. The first-order valence-corrected chi connectivity index (χ1v) is 11.1. The SMILES string of the molecule is CS(=O)(=O)NC(=O)CC(CO)NC(=O)C1=CCCC2CCCCCCN12. The van der Waals surface area contributed by atoms with Crippen LogP contribution in [0, 0.1) is 0 Å². The lowest BCUT2D eigenvalue weighted by Gasteiger charge is -2.39. The van der Waals surface area contributed by atoms with Gasteiger partial charge in [0, 0.05) is 12.6 Å². The molecule has 1 fully saturated rings. The standard InChI is InChI=1S/C17H29N3O5S/c1-26(24,25)19-16(22)11-13(12-21)18-17(23)15-9-6-8-14-7-4-2-3-5-10-20(14)15/h9,13-14,21H,2-8,10-12H2,1H3,(H,18,23)(H,19,22). The fourth-order valence-electron chi connectivity index (χ4n) is 3.62. The number of fused-ring (bicyclic) bond motifs is 1. The number of aliphatic hydroxyl groups excluding tert-OH is 1. The molecule has 2 rings (SSSR count). The summed E-state index contributed by atoms with van der Waals surface area (Å²) in [6, 6.07) is -0.470. The molecule has 2 aliphatic heterocycles. The highest BCUT2D eigenvalue weighted by atomic mass is 32.2. The maximum atomic E-state index is 12.7. The van der Waals surface area contributed by atoms with Crippen molar-refractivity contribution in [3.05, 3.63) is 11.8 Å². The van der Waals surface area contributed by atoms with Gasteiger partial charge in [-0.25, -0.2) is 8.42 Å². The minimum absolute atomic E-state index is 0.300. The molecule has 26 heavy (non-hydrogen) atoms. The van der Waals surface area contributed by atoms with E-state index in [2.05, 4.69) is 10.2 Å². The van der Waals surface area contributed by atoms with Gasteiger partial charge in [0.25, 0.3) is 5.91 Å². The molecule has 148 valence electrons. The second-order valence-corrected chi connectivity index (χ2v) is 8.82. The lowest BCUT2D eigenvalue weighted by Crippen LogP contribution is -2.48. The molecule has 2 amide bonds. The van der Waals surface area contributed by atoms with Crippen LogP contribution in [0.3, 0.4) is 0 Å². The highest BCUT2D eigenvalue weighted by Crippen LogP contribution is 2.28. The molecule has 2 atom stereocenters. The predicted octanol–water partition coefficient (Wildman–Crippen LogP) is 0.242. The van der Waals surface area contributed by atoms with Crippen LogP contribution < -0.4 is 10.0 Å². The minimum Gasteiger partial charge on any atom is -0.394 e. The number of nitrogens with zero attached hydrogens (tertiary/aromatic N) is 1. The van der Waals surface area contributed by atoms with Gasteiger partial charge in [-0.2, -0.15) is 0 Å². The van der Waals surface area contributed by atoms with Crippen molar-refractivity contribution >= 4 is 21.8 Å². The topological polar surface area (TPSA) is 116 Å². The van der Waals surface area contributed by atoms with Gasteiger partial charge in [0.2, 0.25) is 15.9 Å². The Labute approximate surface area is 155 Å². The third-order valence-electron chi connectivity index (χ3n) is 4.79. The van der Waals surface area contributed by atoms with Crippen LogP contribution in [-0.4, -0.2) is 61.7 Å². The third kappa shape index (κ3) is 6.28. The summed E-state index contributed by atoms with van der Waals surface area (Å²) in [6.07, 6.45) is 10.0. The van der Waals surface area contributed by atoms with Crippen molar-refractivity contribution in [1.29, 1.82) is 0 Å². The molecule has 0 aliphatic carbocycles. The van der Waals surface area contributed by atoms with Crippen LogP contribution in [0.2, 0.25) is 0 Å². The lowest BCUT2D eigenvalue weighted by atomic mass is 9.94. The van der Waals surface area contributed by atoms with Crippen molar-refractivity contribution in [1.82, 2.24) is 14.9 Å². The van der Waals surface area contributed by atoms with Crippen molar-refractivity contribution < 1.29 is 23.1 Å². The Bertz CT molecular complexity index is 647. The molecule has 0 aromatic heterocycles. The van der Waals surface area contributed by atoms with Crippen LogP contribution >= 0.6 is 0 Å². The van der Waals surface area contributed by atoms with Gasteiger partial charge in [0.05, 0.1) is 31.0 Å². The molecule has 0 saturated carbocycles.